The summed E-state index contributed by atoms with van der Waals surface area (Å²) >= 11 is 0. The van der Waals surface area contributed by atoms with Crippen LogP contribution in [0.5, 0.6) is 0 Å². The minimum Gasteiger partial charge on any atom is -0.394 e. The van der Waals surface area contributed by atoms with Crippen molar-refractivity contribution >= 4 is 10.4 Å². The Balaban J connectivity index is 0. The van der Waals surface area contributed by atoms with Gasteiger partial charge in [-0.05, 0) is 6.42 Å². The number of rotatable bonds is 14. The molecule has 0 aliphatic heterocycles. The molecule has 0 amide bonds. The molecular weight excluding hydrogens is 320 g/mol. The topological polar surface area (TPSA) is 132 Å². The normalized spacial score (nSPS) is 11.1. The molecule has 136 valence electrons. The van der Waals surface area contributed by atoms with Crippen molar-refractivity contribution < 1.29 is 41.6 Å². The second-order valence-corrected chi connectivity index (χ2v) is 4.87. The maximum absolute atomic E-state index is 8.74. The van der Waals surface area contributed by atoms with Crippen LogP contribution in [0.4, 0.5) is 0 Å². The second kappa shape index (κ2) is 18.7. The number of aliphatic hydroxyl groups is 1. The van der Waals surface area contributed by atoms with Gasteiger partial charge in [0.2, 0.25) is 0 Å². The van der Waals surface area contributed by atoms with Gasteiger partial charge in [-0.3, -0.25) is 9.11 Å². The molecule has 0 aromatic heterocycles. The quantitative estimate of drug-likeness (QED) is 0.297. The molecule has 0 atom stereocenters. The summed E-state index contributed by atoms with van der Waals surface area (Å²) in [6.45, 7) is 6.86. The zero-order valence-corrected chi connectivity index (χ0v) is 13.8. The minimum absolute atomic E-state index is 0.0567. The van der Waals surface area contributed by atoms with Crippen molar-refractivity contribution in [2.24, 2.45) is 0 Å². The van der Waals surface area contributed by atoms with Gasteiger partial charge in [-0.15, -0.1) is 0 Å². The first-order valence-electron chi connectivity index (χ1n) is 7.03. The van der Waals surface area contributed by atoms with Crippen LogP contribution in [0.25, 0.3) is 0 Å². The lowest BCUT2D eigenvalue weighted by molar-refractivity contribution is -0.00568. The SMILES string of the molecule is CCCCOCCOCCOCCOCCO.O=S(=O)(O)O. The first-order valence-corrected chi connectivity index (χ1v) is 8.43. The third-order valence-corrected chi connectivity index (χ3v) is 1.99. The summed E-state index contributed by atoms with van der Waals surface area (Å²) < 4.78 is 52.5. The van der Waals surface area contributed by atoms with E-state index in [1.165, 1.54) is 0 Å². The Morgan fingerprint density at radius 1 is 0.727 bits per heavy atom. The molecule has 0 aromatic carbocycles. The van der Waals surface area contributed by atoms with E-state index in [2.05, 4.69) is 6.92 Å². The molecule has 0 unspecified atom stereocenters. The average molecular weight is 348 g/mol. The molecule has 0 spiro atoms. The highest BCUT2D eigenvalue weighted by atomic mass is 32.3. The van der Waals surface area contributed by atoms with Crippen LogP contribution in [0.1, 0.15) is 19.8 Å². The fraction of sp³-hybridized carbons (Fsp3) is 1.00. The Morgan fingerprint density at radius 3 is 1.36 bits per heavy atom. The van der Waals surface area contributed by atoms with Gasteiger partial charge in [0.15, 0.2) is 0 Å². The minimum atomic E-state index is -4.67. The van der Waals surface area contributed by atoms with Gasteiger partial charge in [-0.25, -0.2) is 0 Å². The number of ether oxygens (including phenoxy) is 4. The fourth-order valence-electron chi connectivity index (χ4n) is 1.07. The molecule has 0 radical (unpaired) electrons. The third kappa shape index (κ3) is 36.7. The molecule has 0 rings (SSSR count). The van der Waals surface area contributed by atoms with E-state index in [1.807, 2.05) is 0 Å². The van der Waals surface area contributed by atoms with E-state index >= 15 is 0 Å². The van der Waals surface area contributed by atoms with Gasteiger partial charge >= 0.3 is 10.4 Å². The Bertz CT molecular complexity index is 273. The van der Waals surface area contributed by atoms with E-state index in [0.717, 1.165) is 19.4 Å². The highest BCUT2D eigenvalue weighted by molar-refractivity contribution is 7.79. The first kappa shape index (κ1) is 23.9. The highest BCUT2D eigenvalue weighted by Crippen LogP contribution is 1.88. The lowest BCUT2D eigenvalue weighted by atomic mass is 10.4. The zero-order valence-electron chi connectivity index (χ0n) is 13.0. The van der Waals surface area contributed by atoms with Gasteiger partial charge in [0.1, 0.15) is 0 Å². The first-order chi connectivity index (χ1) is 10.4. The standard InChI is InChI=1S/C12H26O5.H2O4S/c1-2-3-5-14-7-9-16-11-12-17-10-8-15-6-4-13;1-5(2,3)4/h13H,2-12H2,1H3;(H2,1,2,3,4). The van der Waals surface area contributed by atoms with Crippen molar-refractivity contribution in [2.75, 3.05) is 59.5 Å². The van der Waals surface area contributed by atoms with Gasteiger partial charge < -0.3 is 24.1 Å². The van der Waals surface area contributed by atoms with Crippen molar-refractivity contribution in [1.82, 2.24) is 0 Å². The molecule has 0 aromatic rings. The Hall–Kier alpha value is -0.330. The fourth-order valence-corrected chi connectivity index (χ4v) is 1.07. The summed E-state index contributed by atoms with van der Waals surface area (Å²) in [7, 11) is -4.67. The van der Waals surface area contributed by atoms with Crippen LogP contribution >= 0.6 is 0 Å². The zero-order chi connectivity index (χ0) is 17.1. The maximum Gasteiger partial charge on any atom is 0.394 e. The molecule has 0 saturated carbocycles. The monoisotopic (exact) mass is 348 g/mol. The van der Waals surface area contributed by atoms with E-state index in [1.54, 1.807) is 0 Å². The smallest absolute Gasteiger partial charge is 0.394 e. The summed E-state index contributed by atoms with van der Waals surface area (Å²) in [6, 6.07) is 0. The predicted octanol–water partition coefficient (Wildman–Crippen LogP) is 0.192. The molecule has 9 nitrogen and oxygen atoms in total. The molecule has 0 fully saturated rings. The van der Waals surface area contributed by atoms with Gasteiger partial charge in [-0.1, -0.05) is 13.3 Å². The summed E-state index contributed by atoms with van der Waals surface area (Å²) in [5, 5.41) is 8.45. The highest BCUT2D eigenvalue weighted by Gasteiger charge is 1.92. The second-order valence-electron chi connectivity index (χ2n) is 3.97. The Morgan fingerprint density at radius 2 is 1.05 bits per heavy atom. The van der Waals surface area contributed by atoms with Crippen molar-refractivity contribution in [3.05, 3.63) is 0 Å². The van der Waals surface area contributed by atoms with Crippen molar-refractivity contribution in [3.63, 3.8) is 0 Å². The molecular formula is C12H28O9S. The molecule has 10 heteroatoms. The number of aliphatic hydroxyl groups excluding tert-OH is 1. The molecule has 0 aliphatic carbocycles. The lowest BCUT2D eigenvalue weighted by Gasteiger charge is -2.06. The van der Waals surface area contributed by atoms with Crippen LogP contribution in [0.15, 0.2) is 0 Å². The van der Waals surface area contributed by atoms with Crippen LogP contribution in [-0.4, -0.2) is 82.1 Å². The van der Waals surface area contributed by atoms with E-state index < -0.39 is 10.4 Å². The summed E-state index contributed by atoms with van der Waals surface area (Å²) in [6.07, 6.45) is 2.27. The number of hydrogen-bond acceptors (Lipinski definition) is 7. The van der Waals surface area contributed by atoms with Gasteiger partial charge in [0.25, 0.3) is 0 Å². The third-order valence-electron chi connectivity index (χ3n) is 1.99. The van der Waals surface area contributed by atoms with Crippen LogP contribution < -0.4 is 0 Å². The molecule has 0 bridgehead atoms. The number of hydrogen-bond donors (Lipinski definition) is 3. The van der Waals surface area contributed by atoms with Gasteiger partial charge in [0.05, 0.1) is 52.9 Å². The Labute approximate surface area is 132 Å². The molecule has 3 N–H and O–H groups in total. The number of unbranched alkanes of at least 4 members (excludes halogenated alkanes) is 1. The van der Waals surface area contributed by atoms with E-state index in [-0.39, 0.29) is 6.61 Å². The Kier molecular flexibility index (Phi) is 20.4. The summed E-state index contributed by atoms with van der Waals surface area (Å²) in [5.41, 5.74) is 0. The van der Waals surface area contributed by atoms with Gasteiger partial charge in [0, 0.05) is 6.61 Å². The van der Waals surface area contributed by atoms with Gasteiger partial charge in [-0.2, -0.15) is 8.42 Å². The van der Waals surface area contributed by atoms with E-state index in [0.29, 0.717) is 46.2 Å². The molecule has 0 heterocycles. The van der Waals surface area contributed by atoms with Crippen molar-refractivity contribution in [1.29, 1.82) is 0 Å². The van der Waals surface area contributed by atoms with Crippen LogP contribution in [0.2, 0.25) is 0 Å². The summed E-state index contributed by atoms with van der Waals surface area (Å²) in [4.78, 5) is 0. The van der Waals surface area contributed by atoms with Crippen LogP contribution in [-0.2, 0) is 29.3 Å². The largest absolute Gasteiger partial charge is 0.394 e. The summed E-state index contributed by atoms with van der Waals surface area (Å²) in [5.74, 6) is 0. The average Bonchev–Trinajstić information content (AvgIpc) is 2.42. The van der Waals surface area contributed by atoms with E-state index in [9.17, 15) is 0 Å². The maximum atomic E-state index is 8.74. The van der Waals surface area contributed by atoms with Crippen molar-refractivity contribution in [3.8, 4) is 0 Å². The van der Waals surface area contributed by atoms with Crippen molar-refractivity contribution in [2.45, 2.75) is 19.8 Å². The lowest BCUT2D eigenvalue weighted by Crippen LogP contribution is -2.12. The van der Waals surface area contributed by atoms with Crippen LogP contribution in [0, 0.1) is 0 Å². The molecule has 0 saturated heterocycles. The molecule has 22 heavy (non-hydrogen) atoms. The van der Waals surface area contributed by atoms with E-state index in [4.69, 9.17) is 41.6 Å². The molecule has 0 aliphatic rings. The van der Waals surface area contributed by atoms with Crippen LogP contribution in [0.3, 0.4) is 0 Å². The predicted molar refractivity (Wildman–Crippen MR) is 79.4 cm³/mol.